The van der Waals surface area contributed by atoms with Crippen molar-refractivity contribution in [1.82, 2.24) is 5.32 Å². The number of hydrogen-bond donors (Lipinski definition) is 2. The number of alkyl carbamates (subject to hydrolysis) is 1. The predicted octanol–water partition coefficient (Wildman–Crippen LogP) is 3.16. The van der Waals surface area contributed by atoms with Crippen LogP contribution in [0.15, 0.2) is 48.5 Å². The van der Waals surface area contributed by atoms with Gasteiger partial charge in [-0.25, -0.2) is 9.59 Å². The number of carbonyl (C=O) groups is 2. The van der Waals surface area contributed by atoms with Crippen LogP contribution in [-0.2, 0) is 14.3 Å². The van der Waals surface area contributed by atoms with E-state index in [0.29, 0.717) is 12.8 Å². The highest BCUT2D eigenvalue weighted by atomic mass is 16.6. The maximum absolute atomic E-state index is 12.2. The number of ether oxygens (including phenoxy) is 2. The van der Waals surface area contributed by atoms with Gasteiger partial charge in [0, 0.05) is 5.92 Å². The molecule has 0 spiro atoms. The van der Waals surface area contributed by atoms with Gasteiger partial charge in [0.1, 0.15) is 6.61 Å². The molecule has 0 aromatic heterocycles. The van der Waals surface area contributed by atoms with E-state index in [9.17, 15) is 14.7 Å². The number of nitrogens with one attached hydrogen (secondary N) is 1. The van der Waals surface area contributed by atoms with Crippen molar-refractivity contribution >= 4 is 12.1 Å². The SMILES string of the molecule is [2H]C1(OC[C@H](NC(=O)OCC2c3ccccc3-c3ccccc32)C(=O)O)CC1. The van der Waals surface area contributed by atoms with Gasteiger partial charge in [0.05, 0.1) is 14.1 Å². The average molecular weight is 368 g/mol. The van der Waals surface area contributed by atoms with Crippen molar-refractivity contribution < 1.29 is 25.5 Å². The van der Waals surface area contributed by atoms with Gasteiger partial charge in [0.25, 0.3) is 0 Å². The van der Waals surface area contributed by atoms with Crippen molar-refractivity contribution in [2.24, 2.45) is 0 Å². The monoisotopic (exact) mass is 368 g/mol. The molecule has 140 valence electrons. The van der Waals surface area contributed by atoms with Gasteiger partial charge in [-0.05, 0) is 35.1 Å². The van der Waals surface area contributed by atoms with Gasteiger partial charge in [0.15, 0.2) is 6.04 Å². The standard InChI is InChI=1S/C21H21NO5/c23-20(24)19(12-26-13-9-10-13)22-21(25)27-11-18-16-7-3-1-5-14(16)15-6-2-4-8-17(15)18/h1-8,13,18-19H,9-12H2,(H,22,25)(H,23,24)/t19-/m0/s1/i13D. The summed E-state index contributed by atoms with van der Waals surface area (Å²) in [5.41, 5.74) is 4.40. The van der Waals surface area contributed by atoms with E-state index in [1.165, 1.54) is 0 Å². The Morgan fingerprint density at radius 2 is 1.70 bits per heavy atom. The maximum atomic E-state index is 12.2. The fourth-order valence-electron chi connectivity index (χ4n) is 3.35. The first kappa shape index (κ1) is 16.3. The molecule has 1 atom stereocenters. The highest BCUT2D eigenvalue weighted by molar-refractivity contribution is 5.81. The van der Waals surface area contributed by atoms with Crippen LogP contribution in [0, 0.1) is 0 Å². The van der Waals surface area contributed by atoms with E-state index < -0.39 is 24.2 Å². The number of fused-ring (bicyclic) bond motifs is 3. The Morgan fingerprint density at radius 3 is 2.26 bits per heavy atom. The summed E-state index contributed by atoms with van der Waals surface area (Å²) in [5, 5.41) is 11.6. The molecule has 0 bridgehead atoms. The molecule has 6 heteroatoms. The van der Waals surface area contributed by atoms with Gasteiger partial charge in [-0.15, -0.1) is 0 Å². The summed E-state index contributed by atoms with van der Waals surface area (Å²) in [6, 6.07) is 14.7. The summed E-state index contributed by atoms with van der Waals surface area (Å²) >= 11 is 0. The smallest absolute Gasteiger partial charge is 0.407 e. The fourth-order valence-corrected chi connectivity index (χ4v) is 3.35. The van der Waals surface area contributed by atoms with E-state index in [1.807, 2.05) is 48.5 Å². The lowest BCUT2D eigenvalue weighted by molar-refractivity contribution is -0.141. The van der Waals surface area contributed by atoms with E-state index >= 15 is 0 Å². The number of carboxylic acids is 1. The van der Waals surface area contributed by atoms with Gasteiger partial charge in [0.2, 0.25) is 0 Å². The van der Waals surface area contributed by atoms with Gasteiger partial charge in [-0.2, -0.15) is 0 Å². The van der Waals surface area contributed by atoms with E-state index in [4.69, 9.17) is 10.8 Å². The molecule has 0 radical (unpaired) electrons. The third kappa shape index (κ3) is 3.80. The first-order valence-electron chi connectivity index (χ1n) is 9.45. The lowest BCUT2D eigenvalue weighted by Gasteiger charge is -2.17. The number of benzene rings is 2. The molecule has 0 heterocycles. The Hall–Kier alpha value is -2.86. The summed E-state index contributed by atoms with van der Waals surface area (Å²) in [4.78, 5) is 23.5. The largest absolute Gasteiger partial charge is 0.480 e. The summed E-state index contributed by atoms with van der Waals surface area (Å²) in [6.07, 6.45) is -0.668. The number of hydrogen-bond acceptors (Lipinski definition) is 4. The first-order valence-corrected chi connectivity index (χ1v) is 8.95. The normalized spacial score (nSPS) is 18.0. The molecular formula is C21H21NO5. The minimum absolute atomic E-state index is 0.0966. The second kappa shape index (κ2) is 7.40. The molecule has 2 N–H and O–H groups in total. The molecule has 0 unspecified atom stereocenters. The number of carboxylic acid groups (broad SMARTS) is 1. The second-order valence-corrected chi connectivity index (χ2v) is 6.71. The Bertz CT molecular complexity index is 866. The van der Waals surface area contributed by atoms with Crippen LogP contribution in [-0.4, -0.2) is 42.5 Å². The second-order valence-electron chi connectivity index (χ2n) is 6.71. The van der Waals surface area contributed by atoms with E-state index in [-0.39, 0.29) is 19.1 Å². The fraction of sp³-hybridized carbons (Fsp3) is 0.333. The van der Waals surface area contributed by atoms with Crippen molar-refractivity contribution in [3.05, 3.63) is 59.7 Å². The van der Waals surface area contributed by atoms with E-state index in [2.05, 4.69) is 5.32 Å². The average Bonchev–Trinajstić information content (AvgIpc) is 3.34. The molecule has 2 aromatic rings. The zero-order valence-electron chi connectivity index (χ0n) is 15.7. The molecular weight excluding hydrogens is 346 g/mol. The number of carbonyl (C=O) groups excluding carboxylic acids is 1. The third-order valence-electron chi connectivity index (χ3n) is 4.84. The maximum Gasteiger partial charge on any atom is 0.407 e. The summed E-state index contributed by atoms with van der Waals surface area (Å²) in [5.74, 6) is -1.32. The topological polar surface area (TPSA) is 84.9 Å². The molecule has 6 nitrogen and oxygen atoms in total. The van der Waals surface area contributed by atoms with Gasteiger partial charge in [-0.1, -0.05) is 48.5 Å². The van der Waals surface area contributed by atoms with Crippen molar-refractivity contribution in [3.8, 4) is 11.1 Å². The zero-order valence-corrected chi connectivity index (χ0v) is 14.7. The van der Waals surface area contributed by atoms with Crippen LogP contribution >= 0.6 is 0 Å². The van der Waals surface area contributed by atoms with Gasteiger partial charge in [-0.3, -0.25) is 0 Å². The van der Waals surface area contributed by atoms with Crippen LogP contribution in [0.2, 0.25) is 0 Å². The molecule has 27 heavy (non-hydrogen) atoms. The minimum atomic E-state index is -1.25. The molecule has 1 saturated carbocycles. The van der Waals surface area contributed by atoms with Crippen LogP contribution in [0.1, 0.15) is 31.3 Å². The summed E-state index contributed by atoms with van der Waals surface area (Å²) in [7, 11) is 0. The molecule has 0 aliphatic heterocycles. The molecule has 1 fully saturated rings. The molecule has 4 rings (SSSR count). The lowest BCUT2D eigenvalue weighted by atomic mass is 9.98. The van der Waals surface area contributed by atoms with Gasteiger partial charge >= 0.3 is 12.1 Å². The van der Waals surface area contributed by atoms with Crippen molar-refractivity contribution in [1.29, 1.82) is 0 Å². The summed E-state index contributed by atoms with van der Waals surface area (Å²) in [6.45, 7) is -0.154. The number of amides is 1. The Balaban J connectivity index is 1.39. The third-order valence-corrected chi connectivity index (χ3v) is 4.84. The van der Waals surface area contributed by atoms with Crippen LogP contribution in [0.25, 0.3) is 11.1 Å². The molecule has 2 aliphatic rings. The summed E-state index contributed by atoms with van der Waals surface area (Å²) < 4.78 is 18.3. The van der Waals surface area contributed by atoms with E-state index in [1.54, 1.807) is 0 Å². The first-order chi connectivity index (χ1) is 13.5. The highest BCUT2D eigenvalue weighted by Crippen LogP contribution is 2.44. The Morgan fingerprint density at radius 1 is 1.11 bits per heavy atom. The quantitative estimate of drug-likeness (QED) is 0.784. The highest BCUT2D eigenvalue weighted by Gasteiger charge is 2.30. The van der Waals surface area contributed by atoms with Crippen molar-refractivity contribution in [2.45, 2.75) is 30.9 Å². The number of rotatable bonds is 7. The van der Waals surface area contributed by atoms with Crippen molar-refractivity contribution in [2.75, 3.05) is 13.2 Å². The van der Waals surface area contributed by atoms with Crippen molar-refractivity contribution in [3.63, 3.8) is 0 Å². The van der Waals surface area contributed by atoms with E-state index in [0.717, 1.165) is 22.3 Å². The van der Waals surface area contributed by atoms with Gasteiger partial charge < -0.3 is 19.9 Å². The van der Waals surface area contributed by atoms with Crippen LogP contribution < -0.4 is 5.32 Å². The molecule has 1 amide bonds. The van der Waals surface area contributed by atoms with Crippen LogP contribution in [0.3, 0.4) is 0 Å². The minimum Gasteiger partial charge on any atom is -0.480 e. The molecule has 0 saturated heterocycles. The van der Waals surface area contributed by atoms with Crippen LogP contribution in [0.4, 0.5) is 4.79 Å². The zero-order chi connectivity index (χ0) is 19.7. The number of aliphatic carboxylic acids is 1. The molecule has 2 aliphatic carbocycles. The lowest BCUT2D eigenvalue weighted by Crippen LogP contribution is -2.44. The Kier molecular flexibility index (Phi) is 4.48. The van der Waals surface area contributed by atoms with Crippen LogP contribution in [0.5, 0.6) is 0 Å². The Labute approximate surface area is 158 Å². The molecule has 2 aromatic carbocycles. The predicted molar refractivity (Wildman–Crippen MR) is 98.6 cm³/mol.